The third kappa shape index (κ3) is 3.75. The largest absolute Gasteiger partial charge is 1.00 e. The van der Waals surface area contributed by atoms with E-state index in [4.69, 9.17) is 11.6 Å². The van der Waals surface area contributed by atoms with Crippen LogP contribution in [0.4, 0.5) is 5.69 Å². The molecule has 1 N–H and O–H groups in total. The first-order valence-corrected chi connectivity index (χ1v) is 7.02. The second-order valence-corrected chi connectivity index (χ2v) is 5.18. The number of fused-ring (bicyclic) bond motifs is 1. The fourth-order valence-electron chi connectivity index (χ4n) is 2.19. The second kappa shape index (κ2) is 7.25. The van der Waals surface area contributed by atoms with E-state index in [1.165, 1.54) is 0 Å². The number of hydrogen-bond donors (Lipinski definition) is 1. The van der Waals surface area contributed by atoms with Gasteiger partial charge in [-0.3, -0.25) is 4.79 Å². The summed E-state index contributed by atoms with van der Waals surface area (Å²) in [4.78, 5) is 12.1. The van der Waals surface area contributed by atoms with Crippen molar-refractivity contribution < 1.29 is 21.8 Å². The molecule has 0 atom stereocenters. The Bertz CT molecular complexity index is 805. The number of nitrogens with zero attached hydrogens (tertiary/aromatic N) is 1. The minimum Gasteiger partial charge on any atom is -1.00 e. The first kappa shape index (κ1) is 16.3. The number of aromatic nitrogens is 1. The van der Waals surface area contributed by atoms with Crippen molar-refractivity contribution in [3.8, 4) is 0 Å². The van der Waals surface area contributed by atoms with E-state index in [-0.39, 0.29) is 24.9 Å². The van der Waals surface area contributed by atoms with Crippen LogP contribution in [0, 0.1) is 0 Å². The van der Waals surface area contributed by atoms with Gasteiger partial charge in [-0.1, -0.05) is 41.9 Å². The van der Waals surface area contributed by atoms with Gasteiger partial charge in [0, 0.05) is 11.5 Å². The molecule has 0 spiro atoms. The smallest absolute Gasteiger partial charge is 0.290 e. The van der Waals surface area contributed by atoms with Gasteiger partial charge in [-0.05, 0) is 23.6 Å². The van der Waals surface area contributed by atoms with Crippen LogP contribution in [0.3, 0.4) is 0 Å². The quantitative estimate of drug-likeness (QED) is 0.693. The minimum absolute atomic E-state index is 0. The lowest BCUT2D eigenvalue weighted by Gasteiger charge is -2.05. The summed E-state index contributed by atoms with van der Waals surface area (Å²) >= 11 is 6.03. The summed E-state index contributed by atoms with van der Waals surface area (Å²) in [5.74, 6) is -0.108. The van der Waals surface area contributed by atoms with Gasteiger partial charge in [-0.25, -0.2) is 0 Å². The Morgan fingerprint density at radius 3 is 2.45 bits per heavy atom. The molecule has 3 aromatic rings. The van der Waals surface area contributed by atoms with E-state index >= 15 is 0 Å². The van der Waals surface area contributed by atoms with E-state index in [1.54, 1.807) is 12.1 Å². The lowest BCUT2D eigenvalue weighted by molar-refractivity contribution is -0.682. The highest BCUT2D eigenvalue weighted by Crippen LogP contribution is 2.20. The highest BCUT2D eigenvalue weighted by atomic mass is 35.5. The van der Waals surface area contributed by atoms with Gasteiger partial charge in [0.05, 0.1) is 10.7 Å². The molecule has 0 aliphatic rings. The van der Waals surface area contributed by atoms with Crippen LogP contribution in [0.15, 0.2) is 67.0 Å². The molecule has 0 radical (unpaired) electrons. The molecule has 0 unspecified atom stereocenters. The van der Waals surface area contributed by atoms with Crippen molar-refractivity contribution in [3.63, 3.8) is 0 Å². The van der Waals surface area contributed by atoms with E-state index in [0.717, 1.165) is 10.8 Å². The van der Waals surface area contributed by atoms with Crippen molar-refractivity contribution >= 4 is 34.0 Å². The highest BCUT2D eigenvalue weighted by Gasteiger charge is 2.11. The molecule has 2 aromatic carbocycles. The van der Waals surface area contributed by atoms with Crippen LogP contribution < -0.4 is 22.3 Å². The van der Waals surface area contributed by atoms with E-state index < -0.39 is 0 Å². The molecule has 112 valence electrons. The van der Waals surface area contributed by atoms with Crippen LogP contribution in [0.2, 0.25) is 5.02 Å². The molecule has 3 rings (SSSR count). The Labute approximate surface area is 139 Å². The average molecular weight is 333 g/mol. The number of pyridine rings is 1. The van der Waals surface area contributed by atoms with Crippen LogP contribution in [0.5, 0.6) is 0 Å². The van der Waals surface area contributed by atoms with Crippen molar-refractivity contribution in [2.24, 2.45) is 0 Å². The molecule has 1 amide bonds. The number of hydrogen-bond acceptors (Lipinski definition) is 1. The van der Waals surface area contributed by atoms with E-state index in [9.17, 15) is 4.79 Å². The Morgan fingerprint density at radius 1 is 1.00 bits per heavy atom. The van der Waals surface area contributed by atoms with Gasteiger partial charge in [-0.2, -0.15) is 4.57 Å². The highest BCUT2D eigenvalue weighted by molar-refractivity contribution is 6.33. The monoisotopic (exact) mass is 332 g/mol. The Balaban J connectivity index is 0.00000176. The van der Waals surface area contributed by atoms with E-state index in [1.807, 2.05) is 59.4 Å². The molecule has 0 saturated carbocycles. The first-order valence-electron chi connectivity index (χ1n) is 6.64. The molecule has 0 aliphatic carbocycles. The van der Waals surface area contributed by atoms with Gasteiger partial charge in [0.1, 0.15) is 0 Å². The molecule has 1 aromatic heterocycles. The third-order valence-electron chi connectivity index (χ3n) is 3.22. The van der Waals surface area contributed by atoms with E-state index in [2.05, 4.69) is 5.32 Å². The van der Waals surface area contributed by atoms with Gasteiger partial charge in [-0.15, -0.1) is 0 Å². The Hall–Kier alpha value is -2.10. The molecule has 0 saturated heterocycles. The molecule has 1 heterocycles. The zero-order valence-corrected chi connectivity index (χ0v) is 13.2. The predicted octanol–water partition coefficient (Wildman–Crippen LogP) is 0.423. The molecule has 3 nitrogen and oxygen atoms in total. The van der Waals surface area contributed by atoms with Crippen molar-refractivity contribution in [1.82, 2.24) is 0 Å². The predicted molar refractivity (Wildman–Crippen MR) is 84.2 cm³/mol. The number of carbonyl (C=O) groups is 1. The van der Waals surface area contributed by atoms with E-state index in [0.29, 0.717) is 10.7 Å². The van der Waals surface area contributed by atoms with Gasteiger partial charge in [0.25, 0.3) is 5.91 Å². The SMILES string of the molecule is O=C(C[n+]1ccc2ccccc2c1)Nc1ccccc1Cl.[Cl-]. The summed E-state index contributed by atoms with van der Waals surface area (Å²) in [6.07, 6.45) is 3.86. The fourth-order valence-corrected chi connectivity index (χ4v) is 2.38. The van der Waals surface area contributed by atoms with Crippen LogP contribution in [-0.2, 0) is 11.3 Å². The maximum absolute atomic E-state index is 12.1. The zero-order valence-electron chi connectivity index (χ0n) is 11.7. The maximum Gasteiger partial charge on any atom is 0.290 e. The number of anilines is 1. The van der Waals surface area contributed by atoms with Crippen LogP contribution >= 0.6 is 11.6 Å². The third-order valence-corrected chi connectivity index (χ3v) is 3.55. The molecule has 0 aliphatic heterocycles. The molecule has 22 heavy (non-hydrogen) atoms. The summed E-state index contributed by atoms with van der Waals surface area (Å²) in [6, 6.07) is 17.2. The fraction of sp³-hybridized carbons (Fsp3) is 0.0588. The van der Waals surface area contributed by atoms with Crippen LogP contribution in [0.1, 0.15) is 0 Å². The first-order chi connectivity index (χ1) is 10.2. The van der Waals surface area contributed by atoms with Crippen LogP contribution in [0.25, 0.3) is 10.8 Å². The zero-order chi connectivity index (χ0) is 14.7. The molecule has 0 fully saturated rings. The summed E-state index contributed by atoms with van der Waals surface area (Å²) in [7, 11) is 0. The van der Waals surface area contributed by atoms with Gasteiger partial charge >= 0.3 is 0 Å². The maximum atomic E-state index is 12.1. The van der Waals surface area contributed by atoms with Crippen LogP contribution in [-0.4, -0.2) is 5.91 Å². The Kier molecular flexibility index (Phi) is 5.36. The molecule has 5 heteroatoms. The summed E-state index contributed by atoms with van der Waals surface area (Å²) < 4.78 is 1.86. The van der Waals surface area contributed by atoms with Crippen molar-refractivity contribution in [2.75, 3.05) is 5.32 Å². The standard InChI is InChI=1S/C17H13ClN2O.ClH/c18-15-7-3-4-8-16(15)19-17(21)12-20-10-9-13-5-1-2-6-14(13)11-20;/h1-11H,12H2;1H. The summed E-state index contributed by atoms with van der Waals surface area (Å²) in [6.45, 7) is 0.246. The van der Waals surface area contributed by atoms with Crippen molar-refractivity contribution in [1.29, 1.82) is 0 Å². The number of amides is 1. The Morgan fingerprint density at radius 2 is 1.68 bits per heavy atom. The lowest BCUT2D eigenvalue weighted by Crippen LogP contribution is -3.00. The molecule has 0 bridgehead atoms. The van der Waals surface area contributed by atoms with Crippen molar-refractivity contribution in [2.45, 2.75) is 6.54 Å². The second-order valence-electron chi connectivity index (χ2n) is 4.77. The number of para-hydroxylation sites is 1. The number of carbonyl (C=O) groups excluding carboxylic acids is 1. The van der Waals surface area contributed by atoms with Gasteiger partial charge < -0.3 is 17.7 Å². The molecular formula is C17H14Cl2N2O. The lowest BCUT2D eigenvalue weighted by atomic mass is 10.2. The van der Waals surface area contributed by atoms with Gasteiger partial charge in [0.15, 0.2) is 12.4 Å². The summed E-state index contributed by atoms with van der Waals surface area (Å²) in [5.41, 5.74) is 0.630. The normalized spacial score (nSPS) is 10.0. The number of rotatable bonds is 3. The molecular weight excluding hydrogens is 319 g/mol. The number of halogens is 2. The minimum atomic E-state index is -0.108. The summed E-state index contributed by atoms with van der Waals surface area (Å²) in [5, 5.41) is 5.61. The van der Waals surface area contributed by atoms with Gasteiger partial charge in [0.2, 0.25) is 6.54 Å². The number of nitrogens with one attached hydrogen (secondary N) is 1. The topological polar surface area (TPSA) is 33.0 Å². The van der Waals surface area contributed by atoms with Crippen molar-refractivity contribution in [3.05, 3.63) is 72.0 Å². The average Bonchev–Trinajstić information content (AvgIpc) is 2.49. The number of benzene rings is 2.